The van der Waals surface area contributed by atoms with E-state index in [1.807, 2.05) is 17.8 Å². The SMILES string of the molecule is Cc1cnc(C(=O)N2CC(n3cc(Br)cn3)C2)cn1. The monoisotopic (exact) mass is 321 g/mol. The predicted molar refractivity (Wildman–Crippen MR) is 71.6 cm³/mol. The molecule has 3 heterocycles. The van der Waals surface area contributed by atoms with Gasteiger partial charge in [-0.2, -0.15) is 5.10 Å². The summed E-state index contributed by atoms with van der Waals surface area (Å²) in [5, 5.41) is 4.22. The first-order valence-electron chi connectivity index (χ1n) is 5.91. The number of amides is 1. The topological polar surface area (TPSA) is 63.9 Å². The van der Waals surface area contributed by atoms with E-state index < -0.39 is 0 Å². The predicted octanol–water partition coefficient (Wildman–Crippen LogP) is 1.44. The molecule has 0 atom stereocenters. The van der Waals surface area contributed by atoms with Crippen molar-refractivity contribution in [3.63, 3.8) is 0 Å². The molecule has 1 fully saturated rings. The smallest absolute Gasteiger partial charge is 0.274 e. The molecule has 0 bridgehead atoms. The lowest BCUT2D eigenvalue weighted by molar-refractivity contribution is 0.0495. The van der Waals surface area contributed by atoms with E-state index in [1.54, 1.807) is 17.3 Å². The van der Waals surface area contributed by atoms with Gasteiger partial charge in [-0.15, -0.1) is 0 Å². The summed E-state index contributed by atoms with van der Waals surface area (Å²) >= 11 is 3.36. The van der Waals surface area contributed by atoms with Gasteiger partial charge in [-0.1, -0.05) is 0 Å². The summed E-state index contributed by atoms with van der Waals surface area (Å²) in [6.45, 7) is 3.15. The maximum Gasteiger partial charge on any atom is 0.274 e. The second-order valence-electron chi connectivity index (χ2n) is 4.55. The van der Waals surface area contributed by atoms with Crippen LogP contribution in [0.2, 0.25) is 0 Å². The molecule has 0 radical (unpaired) electrons. The molecule has 6 nitrogen and oxygen atoms in total. The van der Waals surface area contributed by atoms with E-state index in [0.717, 1.165) is 10.2 Å². The molecule has 0 spiro atoms. The molecule has 0 aliphatic carbocycles. The molecule has 1 amide bonds. The largest absolute Gasteiger partial charge is 0.333 e. The van der Waals surface area contributed by atoms with Crippen molar-refractivity contribution in [3.05, 3.63) is 40.6 Å². The Morgan fingerprint density at radius 1 is 1.32 bits per heavy atom. The van der Waals surface area contributed by atoms with Crippen molar-refractivity contribution in [2.75, 3.05) is 13.1 Å². The Hall–Kier alpha value is -1.76. The van der Waals surface area contributed by atoms with E-state index in [2.05, 4.69) is 31.0 Å². The molecule has 7 heteroatoms. The summed E-state index contributed by atoms with van der Waals surface area (Å²) in [4.78, 5) is 22.0. The van der Waals surface area contributed by atoms with Crippen LogP contribution in [0, 0.1) is 6.92 Å². The molecule has 2 aromatic rings. The van der Waals surface area contributed by atoms with Gasteiger partial charge in [0.05, 0.1) is 28.6 Å². The Morgan fingerprint density at radius 2 is 2.11 bits per heavy atom. The normalized spacial score (nSPS) is 15.4. The number of hydrogen-bond acceptors (Lipinski definition) is 4. The molecule has 3 rings (SSSR count). The van der Waals surface area contributed by atoms with Crippen LogP contribution in [0.1, 0.15) is 22.2 Å². The van der Waals surface area contributed by atoms with Crippen LogP contribution in [-0.4, -0.2) is 43.6 Å². The zero-order valence-electron chi connectivity index (χ0n) is 10.3. The van der Waals surface area contributed by atoms with Gasteiger partial charge in [-0.25, -0.2) is 4.98 Å². The van der Waals surface area contributed by atoms with Crippen LogP contribution in [0.4, 0.5) is 0 Å². The van der Waals surface area contributed by atoms with Crippen LogP contribution >= 0.6 is 15.9 Å². The molecule has 0 saturated carbocycles. The molecule has 19 heavy (non-hydrogen) atoms. The van der Waals surface area contributed by atoms with E-state index in [9.17, 15) is 4.79 Å². The average Bonchev–Trinajstić information content (AvgIpc) is 2.74. The summed E-state index contributed by atoms with van der Waals surface area (Å²) in [6.07, 6.45) is 6.79. The Balaban J connectivity index is 1.64. The maximum absolute atomic E-state index is 12.1. The number of carbonyl (C=O) groups excluding carboxylic acids is 1. The third-order valence-corrected chi connectivity index (χ3v) is 3.50. The zero-order chi connectivity index (χ0) is 13.4. The van der Waals surface area contributed by atoms with E-state index in [0.29, 0.717) is 18.8 Å². The van der Waals surface area contributed by atoms with Crippen molar-refractivity contribution in [3.8, 4) is 0 Å². The molecule has 1 aliphatic heterocycles. The minimum absolute atomic E-state index is 0.0741. The highest BCUT2D eigenvalue weighted by atomic mass is 79.9. The van der Waals surface area contributed by atoms with Crippen molar-refractivity contribution in [2.24, 2.45) is 0 Å². The summed E-state index contributed by atoms with van der Waals surface area (Å²) in [5.74, 6) is -0.0741. The van der Waals surface area contributed by atoms with Crippen LogP contribution < -0.4 is 0 Å². The van der Waals surface area contributed by atoms with E-state index in [1.165, 1.54) is 6.20 Å². The lowest BCUT2D eigenvalue weighted by atomic mass is 10.1. The molecule has 0 unspecified atom stereocenters. The molecule has 1 saturated heterocycles. The number of rotatable bonds is 2. The molecule has 0 N–H and O–H groups in total. The Morgan fingerprint density at radius 3 is 2.68 bits per heavy atom. The average molecular weight is 322 g/mol. The maximum atomic E-state index is 12.1. The first-order valence-corrected chi connectivity index (χ1v) is 6.70. The highest BCUT2D eigenvalue weighted by Gasteiger charge is 2.33. The number of halogens is 1. The van der Waals surface area contributed by atoms with E-state index in [4.69, 9.17) is 0 Å². The van der Waals surface area contributed by atoms with Gasteiger partial charge >= 0.3 is 0 Å². The van der Waals surface area contributed by atoms with Crippen LogP contribution in [0.3, 0.4) is 0 Å². The molecule has 1 aliphatic rings. The molecule has 0 aromatic carbocycles. The Bertz CT molecular complexity index is 603. The van der Waals surface area contributed by atoms with Crippen LogP contribution in [0.25, 0.3) is 0 Å². The second kappa shape index (κ2) is 4.73. The van der Waals surface area contributed by atoms with E-state index in [-0.39, 0.29) is 11.9 Å². The zero-order valence-corrected chi connectivity index (χ0v) is 11.9. The van der Waals surface area contributed by atoms with Gasteiger partial charge in [0.15, 0.2) is 0 Å². The summed E-state index contributed by atoms with van der Waals surface area (Å²) in [6, 6.07) is 0.244. The van der Waals surface area contributed by atoms with Crippen LogP contribution in [-0.2, 0) is 0 Å². The van der Waals surface area contributed by atoms with Crippen molar-refractivity contribution in [1.82, 2.24) is 24.6 Å². The van der Waals surface area contributed by atoms with Crippen molar-refractivity contribution in [1.29, 1.82) is 0 Å². The van der Waals surface area contributed by atoms with Gasteiger partial charge in [-0.05, 0) is 22.9 Å². The van der Waals surface area contributed by atoms with Gasteiger partial charge in [-0.3, -0.25) is 14.5 Å². The van der Waals surface area contributed by atoms with E-state index >= 15 is 0 Å². The third kappa shape index (κ3) is 2.37. The fraction of sp³-hybridized carbons (Fsp3) is 0.333. The second-order valence-corrected chi connectivity index (χ2v) is 5.46. The quantitative estimate of drug-likeness (QED) is 0.839. The van der Waals surface area contributed by atoms with Gasteiger partial charge in [0, 0.05) is 25.5 Å². The highest BCUT2D eigenvalue weighted by molar-refractivity contribution is 9.10. The minimum Gasteiger partial charge on any atom is -0.333 e. The number of likely N-dealkylation sites (tertiary alicyclic amines) is 1. The Labute approximate surface area is 118 Å². The fourth-order valence-electron chi connectivity index (χ4n) is 1.97. The molecule has 98 valence electrons. The van der Waals surface area contributed by atoms with Gasteiger partial charge in [0.2, 0.25) is 0 Å². The molecular weight excluding hydrogens is 310 g/mol. The summed E-state index contributed by atoms with van der Waals surface area (Å²) < 4.78 is 2.82. The molecular formula is C12H12BrN5O. The highest BCUT2D eigenvalue weighted by Crippen LogP contribution is 2.23. The summed E-state index contributed by atoms with van der Waals surface area (Å²) in [5.41, 5.74) is 1.20. The van der Waals surface area contributed by atoms with Gasteiger partial charge in [0.25, 0.3) is 5.91 Å². The van der Waals surface area contributed by atoms with Crippen molar-refractivity contribution < 1.29 is 4.79 Å². The van der Waals surface area contributed by atoms with Crippen LogP contribution in [0.15, 0.2) is 29.3 Å². The first kappa shape index (κ1) is 12.3. The lowest BCUT2D eigenvalue weighted by Crippen LogP contribution is -2.51. The first-order chi connectivity index (χ1) is 9.13. The van der Waals surface area contributed by atoms with Crippen molar-refractivity contribution in [2.45, 2.75) is 13.0 Å². The van der Waals surface area contributed by atoms with Crippen molar-refractivity contribution >= 4 is 21.8 Å². The summed E-state index contributed by atoms with van der Waals surface area (Å²) in [7, 11) is 0. The standard InChI is InChI=1S/C12H12BrN5O/c1-8-2-15-11(4-14-8)12(19)17-6-10(7-17)18-5-9(13)3-16-18/h2-5,10H,6-7H2,1H3. The number of hydrogen-bond donors (Lipinski definition) is 0. The number of aryl methyl sites for hydroxylation is 1. The fourth-order valence-corrected chi connectivity index (χ4v) is 2.27. The lowest BCUT2D eigenvalue weighted by Gasteiger charge is -2.38. The number of nitrogens with zero attached hydrogens (tertiary/aromatic N) is 5. The number of carbonyl (C=O) groups is 1. The minimum atomic E-state index is -0.0741. The molecule has 2 aromatic heterocycles. The number of aromatic nitrogens is 4. The van der Waals surface area contributed by atoms with Gasteiger partial charge < -0.3 is 4.90 Å². The third-order valence-electron chi connectivity index (χ3n) is 3.09. The Kier molecular flexibility index (Phi) is 3.06. The van der Waals surface area contributed by atoms with Crippen LogP contribution in [0.5, 0.6) is 0 Å². The van der Waals surface area contributed by atoms with Gasteiger partial charge in [0.1, 0.15) is 5.69 Å².